The van der Waals surface area contributed by atoms with E-state index in [2.05, 4.69) is 27.6 Å². The molecule has 1 fully saturated rings. The lowest BCUT2D eigenvalue weighted by Crippen LogP contribution is -2.33. The van der Waals surface area contributed by atoms with Crippen LogP contribution >= 0.6 is 22.6 Å². The van der Waals surface area contributed by atoms with Crippen LogP contribution in [-0.2, 0) is 21.7 Å². The summed E-state index contributed by atoms with van der Waals surface area (Å²) in [7, 11) is 1.66. The minimum absolute atomic E-state index is 0.383. The number of hydrogen-bond donors (Lipinski definition) is 1. The predicted molar refractivity (Wildman–Crippen MR) is 90.9 cm³/mol. The first-order chi connectivity index (χ1) is 10.1. The summed E-state index contributed by atoms with van der Waals surface area (Å²) in [5.74, 6) is 1.26. The highest BCUT2D eigenvalue weighted by Crippen LogP contribution is 2.38. The minimum Gasteiger partial charge on any atom is -0.383 e. The molecule has 118 valence electrons. The van der Waals surface area contributed by atoms with E-state index in [-0.39, 0.29) is 5.60 Å². The summed E-state index contributed by atoms with van der Waals surface area (Å²) >= 11 is 2.18. The number of aromatic nitrogens is 2. The van der Waals surface area contributed by atoms with E-state index in [1.54, 1.807) is 7.11 Å². The number of nitrogen functional groups attached to an aromatic ring is 1. The summed E-state index contributed by atoms with van der Waals surface area (Å²) in [6.45, 7) is 3.13. The lowest BCUT2D eigenvalue weighted by molar-refractivity contribution is -0.0626. The van der Waals surface area contributed by atoms with Crippen molar-refractivity contribution < 1.29 is 9.47 Å². The van der Waals surface area contributed by atoms with Crippen LogP contribution in [0.4, 0.5) is 5.82 Å². The van der Waals surface area contributed by atoms with Gasteiger partial charge >= 0.3 is 0 Å². The molecule has 6 heteroatoms. The Bertz CT molecular complexity index is 474. The molecule has 0 bridgehead atoms. The molecule has 5 nitrogen and oxygen atoms in total. The second kappa shape index (κ2) is 7.69. The van der Waals surface area contributed by atoms with E-state index in [0.717, 1.165) is 40.8 Å². The molecule has 21 heavy (non-hydrogen) atoms. The Hall–Kier alpha value is -0.470. The van der Waals surface area contributed by atoms with Gasteiger partial charge in [-0.3, -0.25) is 0 Å². The van der Waals surface area contributed by atoms with E-state index in [9.17, 15) is 0 Å². The normalized spacial score (nSPS) is 18.4. The third-order valence-electron chi connectivity index (χ3n) is 3.97. The van der Waals surface area contributed by atoms with Crippen LogP contribution in [0.5, 0.6) is 0 Å². The highest BCUT2D eigenvalue weighted by Gasteiger charge is 2.37. The van der Waals surface area contributed by atoms with Crippen LogP contribution < -0.4 is 5.73 Å². The summed E-state index contributed by atoms with van der Waals surface area (Å²) in [5, 5.41) is 0. The topological polar surface area (TPSA) is 70.3 Å². The van der Waals surface area contributed by atoms with Gasteiger partial charge in [0.1, 0.15) is 11.4 Å². The number of nitrogens with zero attached hydrogens (tertiary/aromatic N) is 2. The number of anilines is 1. The number of hydrogen-bond acceptors (Lipinski definition) is 5. The van der Waals surface area contributed by atoms with Gasteiger partial charge < -0.3 is 15.2 Å². The second-order valence-corrected chi connectivity index (χ2v) is 6.55. The monoisotopic (exact) mass is 405 g/mol. The van der Waals surface area contributed by atoms with Crippen molar-refractivity contribution in [3.8, 4) is 0 Å². The van der Waals surface area contributed by atoms with E-state index >= 15 is 0 Å². The largest absolute Gasteiger partial charge is 0.383 e. The van der Waals surface area contributed by atoms with Crippen LogP contribution in [0, 0.1) is 3.57 Å². The molecular formula is C15H24IN3O2. The number of rotatable bonds is 5. The average molecular weight is 405 g/mol. The SMILES string of the molecule is CCOC1(c2nc(N)c(I)c(COC)n2)CCCCCC1. The maximum atomic E-state index is 6.14. The quantitative estimate of drug-likeness (QED) is 0.601. The van der Waals surface area contributed by atoms with Crippen LogP contribution in [0.2, 0.25) is 0 Å². The lowest BCUT2D eigenvalue weighted by atomic mass is 9.93. The van der Waals surface area contributed by atoms with Crippen molar-refractivity contribution in [2.75, 3.05) is 19.5 Å². The zero-order valence-corrected chi connectivity index (χ0v) is 15.0. The average Bonchev–Trinajstić information content (AvgIpc) is 2.71. The molecular weight excluding hydrogens is 381 g/mol. The molecule has 1 aromatic rings. The molecule has 1 heterocycles. The van der Waals surface area contributed by atoms with Crippen molar-refractivity contribution in [1.29, 1.82) is 0 Å². The number of halogens is 1. The van der Waals surface area contributed by atoms with E-state index < -0.39 is 0 Å². The Morgan fingerprint density at radius 1 is 1.19 bits per heavy atom. The highest BCUT2D eigenvalue weighted by atomic mass is 127. The Kier molecular flexibility index (Phi) is 6.19. The van der Waals surface area contributed by atoms with E-state index in [1.807, 2.05) is 6.92 Å². The van der Waals surface area contributed by atoms with Gasteiger partial charge in [0.2, 0.25) is 0 Å². The number of nitrogens with two attached hydrogens (primary N) is 1. The first kappa shape index (κ1) is 16.9. The molecule has 1 aromatic heterocycles. The molecule has 0 atom stereocenters. The van der Waals surface area contributed by atoms with Gasteiger partial charge in [0.15, 0.2) is 5.82 Å². The molecule has 0 saturated heterocycles. The first-order valence-electron chi connectivity index (χ1n) is 7.58. The zero-order chi connectivity index (χ0) is 15.3. The summed E-state index contributed by atoms with van der Waals surface area (Å²) in [6, 6.07) is 0. The van der Waals surface area contributed by atoms with Gasteiger partial charge in [-0.25, -0.2) is 9.97 Å². The number of methoxy groups -OCH3 is 1. The Morgan fingerprint density at radius 2 is 1.86 bits per heavy atom. The summed E-state index contributed by atoms with van der Waals surface area (Å²) in [6.07, 6.45) is 6.73. The van der Waals surface area contributed by atoms with E-state index in [1.165, 1.54) is 12.8 Å². The second-order valence-electron chi connectivity index (χ2n) is 5.47. The van der Waals surface area contributed by atoms with Crippen LogP contribution in [0.15, 0.2) is 0 Å². The van der Waals surface area contributed by atoms with Gasteiger partial charge in [-0.05, 0) is 42.4 Å². The van der Waals surface area contributed by atoms with Crippen molar-refractivity contribution in [2.24, 2.45) is 0 Å². The molecule has 2 N–H and O–H groups in total. The molecule has 1 saturated carbocycles. The fraction of sp³-hybridized carbons (Fsp3) is 0.733. The third kappa shape index (κ3) is 3.84. The molecule has 0 unspecified atom stereocenters. The van der Waals surface area contributed by atoms with Crippen LogP contribution in [0.3, 0.4) is 0 Å². The first-order valence-corrected chi connectivity index (χ1v) is 8.66. The fourth-order valence-corrected chi connectivity index (χ4v) is 3.35. The van der Waals surface area contributed by atoms with Gasteiger partial charge in [0.05, 0.1) is 15.9 Å². The van der Waals surface area contributed by atoms with Crippen LogP contribution in [0.1, 0.15) is 57.0 Å². The molecule has 0 amide bonds. The summed E-state index contributed by atoms with van der Waals surface area (Å²) < 4.78 is 12.2. The van der Waals surface area contributed by atoms with Crippen molar-refractivity contribution >= 4 is 28.4 Å². The maximum absolute atomic E-state index is 6.14. The molecule has 0 aliphatic heterocycles. The van der Waals surface area contributed by atoms with Gasteiger partial charge in [-0.2, -0.15) is 0 Å². The van der Waals surface area contributed by atoms with Gasteiger partial charge in [0.25, 0.3) is 0 Å². The highest BCUT2D eigenvalue weighted by molar-refractivity contribution is 14.1. The smallest absolute Gasteiger partial charge is 0.163 e. The summed E-state index contributed by atoms with van der Waals surface area (Å²) in [5.41, 5.74) is 6.55. The standard InChI is InChI=1S/C15H24IN3O2/c1-3-21-15(8-6-4-5-7-9-15)14-18-11(10-20-2)12(16)13(17)19-14/h3-10H2,1-2H3,(H2,17,18,19). The molecule has 0 spiro atoms. The Labute approximate surface area is 140 Å². The summed E-state index contributed by atoms with van der Waals surface area (Å²) in [4.78, 5) is 9.28. The van der Waals surface area contributed by atoms with E-state index in [4.69, 9.17) is 20.2 Å². The predicted octanol–water partition coefficient (Wildman–Crippen LogP) is 3.40. The molecule has 1 aliphatic carbocycles. The van der Waals surface area contributed by atoms with Gasteiger partial charge in [-0.15, -0.1) is 0 Å². The van der Waals surface area contributed by atoms with Crippen molar-refractivity contribution in [3.63, 3.8) is 0 Å². The lowest BCUT2D eigenvalue weighted by Gasteiger charge is -2.31. The van der Waals surface area contributed by atoms with Crippen molar-refractivity contribution in [1.82, 2.24) is 9.97 Å². The van der Waals surface area contributed by atoms with Crippen molar-refractivity contribution in [2.45, 2.75) is 57.7 Å². The van der Waals surface area contributed by atoms with E-state index in [0.29, 0.717) is 19.0 Å². The number of ether oxygens (including phenoxy) is 2. The van der Waals surface area contributed by atoms with Crippen LogP contribution in [-0.4, -0.2) is 23.7 Å². The Balaban J connectivity index is 2.43. The van der Waals surface area contributed by atoms with Crippen LogP contribution in [0.25, 0.3) is 0 Å². The maximum Gasteiger partial charge on any atom is 0.163 e. The zero-order valence-electron chi connectivity index (χ0n) is 12.8. The third-order valence-corrected chi connectivity index (χ3v) is 5.14. The Morgan fingerprint density at radius 3 is 2.43 bits per heavy atom. The molecule has 2 rings (SSSR count). The molecule has 0 radical (unpaired) electrons. The minimum atomic E-state index is -0.383. The fourth-order valence-electron chi connectivity index (χ4n) is 2.96. The molecule has 1 aliphatic rings. The van der Waals surface area contributed by atoms with Gasteiger partial charge in [0, 0.05) is 13.7 Å². The van der Waals surface area contributed by atoms with Crippen molar-refractivity contribution in [3.05, 3.63) is 15.1 Å². The van der Waals surface area contributed by atoms with Gasteiger partial charge in [-0.1, -0.05) is 25.7 Å². The molecule has 0 aromatic carbocycles.